The van der Waals surface area contributed by atoms with Crippen LogP contribution >= 0.6 is 11.5 Å². The third-order valence-electron chi connectivity index (χ3n) is 2.89. The average Bonchev–Trinajstić information content (AvgIpc) is 2.60. The lowest BCUT2D eigenvalue weighted by molar-refractivity contribution is 0.0903. The standard InChI is InChI=1S/C12H19N3OS/c1-6(2)8-7-9(15-17-8)13-11(12(3,4)5)14-10(7)16/h6,11H,1-5H3,(H,13,15)(H,14,16). The summed E-state index contributed by atoms with van der Waals surface area (Å²) in [6.07, 6.45) is -0.0652. The zero-order valence-electron chi connectivity index (χ0n) is 10.9. The third-order valence-corrected chi connectivity index (χ3v) is 4.04. The Morgan fingerprint density at radius 2 is 1.94 bits per heavy atom. The van der Waals surface area contributed by atoms with Gasteiger partial charge in [-0.2, -0.15) is 4.37 Å². The van der Waals surface area contributed by atoms with E-state index >= 15 is 0 Å². The van der Waals surface area contributed by atoms with Gasteiger partial charge in [0.1, 0.15) is 6.17 Å². The maximum atomic E-state index is 12.1. The minimum Gasteiger partial charge on any atom is -0.348 e. The van der Waals surface area contributed by atoms with Gasteiger partial charge in [0, 0.05) is 10.3 Å². The van der Waals surface area contributed by atoms with Crippen LogP contribution in [0.5, 0.6) is 0 Å². The fraction of sp³-hybridized carbons (Fsp3) is 0.667. The van der Waals surface area contributed by atoms with Crippen LogP contribution in [0.2, 0.25) is 0 Å². The zero-order valence-corrected chi connectivity index (χ0v) is 11.7. The van der Waals surface area contributed by atoms with Gasteiger partial charge in [-0.25, -0.2) is 0 Å². The van der Waals surface area contributed by atoms with E-state index in [4.69, 9.17) is 0 Å². The van der Waals surface area contributed by atoms with Gasteiger partial charge in [-0.1, -0.05) is 34.6 Å². The van der Waals surface area contributed by atoms with Crippen LogP contribution in [0, 0.1) is 5.41 Å². The first-order valence-electron chi connectivity index (χ1n) is 5.87. The smallest absolute Gasteiger partial charge is 0.257 e. The number of carbonyl (C=O) groups is 1. The SMILES string of the molecule is CC(C)c1snc2c1C(=O)NC(C(C)(C)C)N2. The summed E-state index contributed by atoms with van der Waals surface area (Å²) in [5.41, 5.74) is 0.695. The summed E-state index contributed by atoms with van der Waals surface area (Å²) in [6.45, 7) is 10.4. The highest BCUT2D eigenvalue weighted by molar-refractivity contribution is 7.06. The van der Waals surface area contributed by atoms with Crippen molar-refractivity contribution in [3.05, 3.63) is 10.4 Å². The van der Waals surface area contributed by atoms with Crippen LogP contribution in [0.4, 0.5) is 5.82 Å². The molecule has 0 aliphatic carbocycles. The van der Waals surface area contributed by atoms with Gasteiger partial charge in [-0.15, -0.1) is 0 Å². The van der Waals surface area contributed by atoms with Gasteiger partial charge in [0.05, 0.1) is 5.56 Å². The fourth-order valence-corrected chi connectivity index (χ4v) is 2.65. The highest BCUT2D eigenvalue weighted by atomic mass is 32.1. The predicted molar refractivity (Wildman–Crippen MR) is 70.5 cm³/mol. The largest absolute Gasteiger partial charge is 0.348 e. The second kappa shape index (κ2) is 3.98. The van der Waals surface area contributed by atoms with Crippen molar-refractivity contribution >= 4 is 23.3 Å². The van der Waals surface area contributed by atoms with Crippen LogP contribution in [0.3, 0.4) is 0 Å². The molecule has 0 bridgehead atoms. The molecule has 0 aromatic carbocycles. The number of aromatic nitrogens is 1. The quantitative estimate of drug-likeness (QED) is 0.809. The molecule has 0 saturated heterocycles. The highest BCUT2D eigenvalue weighted by Gasteiger charge is 2.35. The second-order valence-corrected chi connectivity index (χ2v) is 6.65. The molecule has 0 radical (unpaired) electrons. The molecule has 1 aliphatic rings. The van der Waals surface area contributed by atoms with E-state index in [0.29, 0.717) is 5.92 Å². The van der Waals surface area contributed by atoms with Gasteiger partial charge < -0.3 is 10.6 Å². The molecule has 1 atom stereocenters. The fourth-order valence-electron chi connectivity index (χ4n) is 1.82. The number of fused-ring (bicyclic) bond motifs is 1. The molecular weight excluding hydrogens is 234 g/mol. The number of rotatable bonds is 1. The Hall–Kier alpha value is -1.10. The molecule has 1 unspecified atom stereocenters. The Morgan fingerprint density at radius 3 is 2.47 bits per heavy atom. The summed E-state index contributed by atoms with van der Waals surface area (Å²) < 4.78 is 4.36. The molecule has 5 heteroatoms. The van der Waals surface area contributed by atoms with Crippen LogP contribution < -0.4 is 10.6 Å². The lowest BCUT2D eigenvalue weighted by atomic mass is 9.90. The molecule has 2 rings (SSSR count). The third kappa shape index (κ3) is 2.16. The number of carbonyl (C=O) groups excluding carboxylic acids is 1. The molecule has 0 fully saturated rings. The summed E-state index contributed by atoms with van der Waals surface area (Å²) in [5.74, 6) is 1.06. The number of hydrogen-bond acceptors (Lipinski definition) is 4. The number of amides is 1. The van der Waals surface area contributed by atoms with Crippen molar-refractivity contribution in [2.24, 2.45) is 5.41 Å². The lowest BCUT2D eigenvalue weighted by Gasteiger charge is -2.35. The number of anilines is 1. The van der Waals surface area contributed by atoms with Crippen molar-refractivity contribution in [2.45, 2.75) is 46.7 Å². The van der Waals surface area contributed by atoms with Crippen molar-refractivity contribution in [3.8, 4) is 0 Å². The molecule has 2 N–H and O–H groups in total. The minimum atomic E-state index is -0.0652. The van der Waals surface area contributed by atoms with Crippen LogP contribution in [-0.2, 0) is 0 Å². The Balaban J connectivity index is 2.37. The Labute approximate surface area is 106 Å². The maximum absolute atomic E-state index is 12.1. The number of nitrogens with zero attached hydrogens (tertiary/aromatic N) is 1. The van der Waals surface area contributed by atoms with E-state index < -0.39 is 0 Å². The Bertz CT molecular complexity index is 445. The summed E-state index contributed by atoms with van der Waals surface area (Å²) >= 11 is 1.42. The van der Waals surface area contributed by atoms with E-state index in [0.717, 1.165) is 16.3 Å². The summed E-state index contributed by atoms with van der Waals surface area (Å²) in [5, 5.41) is 6.32. The van der Waals surface area contributed by atoms with E-state index in [9.17, 15) is 4.79 Å². The van der Waals surface area contributed by atoms with Crippen molar-refractivity contribution < 1.29 is 4.79 Å². The molecule has 4 nitrogen and oxygen atoms in total. The zero-order chi connectivity index (χ0) is 12.8. The van der Waals surface area contributed by atoms with Gasteiger partial charge in [0.15, 0.2) is 5.82 Å². The summed E-state index contributed by atoms with van der Waals surface area (Å²) in [4.78, 5) is 13.2. The monoisotopic (exact) mass is 253 g/mol. The second-order valence-electron chi connectivity index (χ2n) is 5.84. The lowest BCUT2D eigenvalue weighted by Crippen LogP contribution is -2.52. The highest BCUT2D eigenvalue weighted by Crippen LogP contribution is 2.34. The van der Waals surface area contributed by atoms with Gasteiger partial charge in [-0.05, 0) is 17.5 Å². The molecule has 17 heavy (non-hydrogen) atoms. The Morgan fingerprint density at radius 1 is 1.29 bits per heavy atom. The van der Waals surface area contributed by atoms with Gasteiger partial charge >= 0.3 is 0 Å². The van der Waals surface area contributed by atoms with E-state index in [1.165, 1.54) is 11.5 Å². The molecule has 1 aromatic heterocycles. The van der Waals surface area contributed by atoms with Gasteiger partial charge in [0.2, 0.25) is 0 Å². The van der Waals surface area contributed by atoms with Crippen molar-refractivity contribution in [2.75, 3.05) is 5.32 Å². The molecule has 0 saturated carbocycles. The van der Waals surface area contributed by atoms with Crippen LogP contribution in [0.15, 0.2) is 0 Å². The van der Waals surface area contributed by atoms with Gasteiger partial charge in [0.25, 0.3) is 5.91 Å². The van der Waals surface area contributed by atoms with Crippen LogP contribution in [0.25, 0.3) is 0 Å². The average molecular weight is 253 g/mol. The first kappa shape index (κ1) is 12.4. The minimum absolute atomic E-state index is 0.00359. The van der Waals surface area contributed by atoms with E-state index in [2.05, 4.69) is 49.6 Å². The number of hydrogen-bond donors (Lipinski definition) is 2. The molecule has 1 aliphatic heterocycles. The molecular formula is C12H19N3OS. The first-order chi connectivity index (χ1) is 7.80. The van der Waals surface area contributed by atoms with Crippen LogP contribution in [0.1, 0.15) is 55.8 Å². The predicted octanol–water partition coefficient (Wildman–Crippen LogP) is 2.79. The first-order valence-corrected chi connectivity index (χ1v) is 6.65. The van der Waals surface area contributed by atoms with E-state index in [1.54, 1.807) is 0 Å². The van der Waals surface area contributed by atoms with Gasteiger partial charge in [-0.3, -0.25) is 4.79 Å². The molecule has 94 valence electrons. The summed E-state index contributed by atoms with van der Waals surface area (Å²) in [6, 6.07) is 0. The Kier molecular flexibility index (Phi) is 2.89. The summed E-state index contributed by atoms with van der Waals surface area (Å²) in [7, 11) is 0. The van der Waals surface area contributed by atoms with E-state index in [1.807, 2.05) is 0 Å². The number of nitrogens with one attached hydrogen (secondary N) is 2. The topological polar surface area (TPSA) is 54.0 Å². The van der Waals surface area contributed by atoms with Crippen molar-refractivity contribution in [1.82, 2.24) is 9.69 Å². The van der Waals surface area contributed by atoms with Crippen molar-refractivity contribution in [3.63, 3.8) is 0 Å². The molecule has 2 heterocycles. The molecule has 1 aromatic rings. The molecule has 0 spiro atoms. The van der Waals surface area contributed by atoms with Crippen molar-refractivity contribution in [1.29, 1.82) is 0 Å². The van der Waals surface area contributed by atoms with E-state index in [-0.39, 0.29) is 17.5 Å². The maximum Gasteiger partial charge on any atom is 0.257 e. The van der Waals surface area contributed by atoms with Crippen LogP contribution in [-0.4, -0.2) is 16.4 Å². The molecule has 1 amide bonds. The normalized spacial score (nSPS) is 19.9.